The number of nitrogens with one attached hydrogen (secondary N) is 1. The summed E-state index contributed by atoms with van der Waals surface area (Å²) in [6.07, 6.45) is 1.89. The molecule has 132 valence electrons. The Morgan fingerprint density at radius 2 is 1.74 bits per heavy atom. The third-order valence-corrected chi connectivity index (χ3v) is 3.06. The van der Waals surface area contributed by atoms with E-state index >= 15 is 0 Å². The van der Waals surface area contributed by atoms with Crippen molar-refractivity contribution in [3.8, 4) is 17.2 Å². The van der Waals surface area contributed by atoms with Crippen LogP contribution < -0.4 is 25.3 Å². The summed E-state index contributed by atoms with van der Waals surface area (Å²) < 4.78 is 16.0. The molecule has 1 unspecified atom stereocenters. The first kappa shape index (κ1) is 21.3. The zero-order valence-electron chi connectivity index (χ0n) is 14.0. The Hall–Kier alpha value is -1.66. The molecule has 3 N–H and O–H groups in total. The van der Waals surface area contributed by atoms with Gasteiger partial charge < -0.3 is 25.3 Å². The minimum Gasteiger partial charge on any atom is -0.496 e. The van der Waals surface area contributed by atoms with Gasteiger partial charge in [-0.2, -0.15) is 0 Å². The van der Waals surface area contributed by atoms with Crippen LogP contribution >= 0.6 is 12.4 Å². The lowest BCUT2D eigenvalue weighted by molar-refractivity contribution is -0.121. The predicted molar refractivity (Wildman–Crippen MR) is 92.8 cm³/mol. The molecule has 0 aliphatic rings. The van der Waals surface area contributed by atoms with Gasteiger partial charge in [0.05, 0.1) is 20.8 Å². The smallest absolute Gasteiger partial charge is 0.220 e. The number of carbonyl (C=O) groups excluding carboxylic acids is 1. The molecule has 1 atom stereocenters. The number of amides is 1. The van der Waals surface area contributed by atoms with Gasteiger partial charge in [-0.25, -0.2) is 0 Å². The fourth-order valence-electron chi connectivity index (χ4n) is 1.80. The van der Waals surface area contributed by atoms with Crippen molar-refractivity contribution >= 4 is 18.3 Å². The quantitative estimate of drug-likeness (QED) is 0.634. The fourth-order valence-corrected chi connectivity index (χ4v) is 1.80. The van der Waals surface area contributed by atoms with Gasteiger partial charge in [-0.3, -0.25) is 4.79 Å². The maximum atomic E-state index is 11.5. The highest BCUT2D eigenvalue weighted by Crippen LogP contribution is 2.27. The van der Waals surface area contributed by atoms with Crippen molar-refractivity contribution in [3.05, 3.63) is 18.2 Å². The van der Waals surface area contributed by atoms with Gasteiger partial charge in [0.15, 0.2) is 0 Å². The van der Waals surface area contributed by atoms with Crippen LogP contribution in [0.3, 0.4) is 0 Å². The molecule has 1 aromatic rings. The van der Waals surface area contributed by atoms with Gasteiger partial charge in [0.2, 0.25) is 5.91 Å². The van der Waals surface area contributed by atoms with Crippen LogP contribution in [0.5, 0.6) is 17.2 Å². The Balaban J connectivity index is 0.00000484. The second-order valence-corrected chi connectivity index (χ2v) is 5.12. The Labute approximate surface area is 144 Å². The Bertz CT molecular complexity index is 447. The number of benzene rings is 1. The SMILES string of the molecule is COc1cc(OC)cc(OCCCNC(=O)CCC(C)N)c1.Cl. The van der Waals surface area contributed by atoms with Gasteiger partial charge in [-0.1, -0.05) is 0 Å². The minimum absolute atomic E-state index is 0. The van der Waals surface area contributed by atoms with E-state index < -0.39 is 0 Å². The Kier molecular flexibility index (Phi) is 11.0. The van der Waals surface area contributed by atoms with Gasteiger partial charge in [0.25, 0.3) is 0 Å². The van der Waals surface area contributed by atoms with Crippen molar-refractivity contribution in [1.82, 2.24) is 5.32 Å². The molecule has 0 saturated carbocycles. The number of halogens is 1. The topological polar surface area (TPSA) is 82.8 Å². The lowest BCUT2D eigenvalue weighted by atomic mass is 10.2. The van der Waals surface area contributed by atoms with Crippen LogP contribution in [0.15, 0.2) is 18.2 Å². The van der Waals surface area contributed by atoms with E-state index in [-0.39, 0.29) is 24.4 Å². The van der Waals surface area contributed by atoms with Gasteiger partial charge in [0, 0.05) is 37.2 Å². The molecular formula is C16H27ClN2O4. The molecule has 0 aromatic heterocycles. The van der Waals surface area contributed by atoms with Crippen LogP contribution in [0, 0.1) is 0 Å². The number of nitrogens with two attached hydrogens (primary N) is 1. The summed E-state index contributed by atoms with van der Waals surface area (Å²) in [5, 5.41) is 2.85. The molecule has 0 saturated heterocycles. The predicted octanol–water partition coefficient (Wildman–Crippen LogP) is 2.14. The molecular weight excluding hydrogens is 320 g/mol. The fraction of sp³-hybridized carbons (Fsp3) is 0.562. The summed E-state index contributed by atoms with van der Waals surface area (Å²) in [6.45, 7) is 2.98. The van der Waals surface area contributed by atoms with Gasteiger partial charge in [0.1, 0.15) is 17.2 Å². The maximum Gasteiger partial charge on any atom is 0.220 e. The number of hydrogen-bond donors (Lipinski definition) is 2. The van der Waals surface area contributed by atoms with Crippen molar-refractivity contribution in [2.24, 2.45) is 5.73 Å². The molecule has 0 radical (unpaired) electrons. The summed E-state index contributed by atoms with van der Waals surface area (Å²) in [5.41, 5.74) is 5.61. The molecule has 7 heteroatoms. The van der Waals surface area contributed by atoms with Crippen molar-refractivity contribution in [3.63, 3.8) is 0 Å². The monoisotopic (exact) mass is 346 g/mol. The van der Waals surface area contributed by atoms with Gasteiger partial charge >= 0.3 is 0 Å². The van der Waals surface area contributed by atoms with Crippen LogP contribution in [0.4, 0.5) is 0 Å². The van der Waals surface area contributed by atoms with E-state index in [2.05, 4.69) is 5.32 Å². The highest BCUT2D eigenvalue weighted by molar-refractivity contribution is 5.85. The van der Waals surface area contributed by atoms with E-state index in [0.29, 0.717) is 43.2 Å². The van der Waals surface area contributed by atoms with Crippen molar-refractivity contribution in [1.29, 1.82) is 0 Å². The third-order valence-electron chi connectivity index (χ3n) is 3.06. The van der Waals surface area contributed by atoms with E-state index in [0.717, 1.165) is 6.42 Å². The number of rotatable bonds is 10. The van der Waals surface area contributed by atoms with Gasteiger partial charge in [-0.15, -0.1) is 12.4 Å². The van der Waals surface area contributed by atoms with Crippen LogP contribution in [0.1, 0.15) is 26.2 Å². The number of hydrogen-bond acceptors (Lipinski definition) is 5. The largest absolute Gasteiger partial charge is 0.496 e. The van der Waals surface area contributed by atoms with Crippen molar-refractivity contribution in [2.45, 2.75) is 32.2 Å². The summed E-state index contributed by atoms with van der Waals surface area (Å²) in [6, 6.07) is 5.43. The minimum atomic E-state index is 0. The first-order valence-corrected chi connectivity index (χ1v) is 7.43. The highest BCUT2D eigenvalue weighted by Gasteiger charge is 2.04. The molecule has 6 nitrogen and oxygen atoms in total. The van der Waals surface area contributed by atoms with E-state index in [4.69, 9.17) is 19.9 Å². The van der Waals surface area contributed by atoms with Crippen LogP contribution in [0.2, 0.25) is 0 Å². The zero-order chi connectivity index (χ0) is 16.4. The first-order valence-electron chi connectivity index (χ1n) is 7.43. The molecule has 1 aromatic carbocycles. The van der Waals surface area contributed by atoms with E-state index in [1.54, 1.807) is 32.4 Å². The van der Waals surface area contributed by atoms with Crippen molar-refractivity contribution < 1.29 is 19.0 Å². The third kappa shape index (κ3) is 9.15. The average molecular weight is 347 g/mol. The normalized spacial score (nSPS) is 11.1. The Morgan fingerprint density at radius 1 is 1.17 bits per heavy atom. The molecule has 23 heavy (non-hydrogen) atoms. The summed E-state index contributed by atoms with van der Waals surface area (Å²) in [5.74, 6) is 2.07. The van der Waals surface area contributed by atoms with Crippen LogP contribution in [-0.2, 0) is 4.79 Å². The molecule has 0 heterocycles. The molecule has 1 amide bonds. The van der Waals surface area contributed by atoms with Crippen molar-refractivity contribution in [2.75, 3.05) is 27.4 Å². The standard InChI is InChI=1S/C16H26N2O4.ClH/c1-12(17)5-6-16(19)18-7-4-8-22-15-10-13(20-2)9-14(11-15)21-3;/h9-12H,4-8,17H2,1-3H3,(H,18,19);1H. The average Bonchev–Trinajstić information content (AvgIpc) is 2.52. The van der Waals surface area contributed by atoms with Crippen LogP contribution in [-0.4, -0.2) is 39.3 Å². The van der Waals surface area contributed by atoms with Crippen LogP contribution in [0.25, 0.3) is 0 Å². The van der Waals surface area contributed by atoms with E-state index in [1.165, 1.54) is 0 Å². The van der Waals surface area contributed by atoms with E-state index in [9.17, 15) is 4.79 Å². The maximum absolute atomic E-state index is 11.5. The zero-order valence-corrected chi connectivity index (χ0v) is 14.8. The summed E-state index contributed by atoms with van der Waals surface area (Å²) in [4.78, 5) is 11.5. The van der Waals surface area contributed by atoms with Gasteiger partial charge in [-0.05, 0) is 19.8 Å². The molecule has 0 aliphatic heterocycles. The lowest BCUT2D eigenvalue weighted by Gasteiger charge is -2.11. The Morgan fingerprint density at radius 3 is 2.26 bits per heavy atom. The number of ether oxygens (including phenoxy) is 3. The molecule has 0 aliphatic carbocycles. The molecule has 0 spiro atoms. The molecule has 0 bridgehead atoms. The first-order chi connectivity index (χ1) is 10.5. The molecule has 0 fully saturated rings. The molecule has 1 rings (SSSR count). The summed E-state index contributed by atoms with van der Waals surface area (Å²) >= 11 is 0. The second kappa shape index (κ2) is 11.8. The lowest BCUT2D eigenvalue weighted by Crippen LogP contribution is -2.27. The summed E-state index contributed by atoms with van der Waals surface area (Å²) in [7, 11) is 3.19. The number of methoxy groups -OCH3 is 2. The highest BCUT2D eigenvalue weighted by atomic mass is 35.5. The second-order valence-electron chi connectivity index (χ2n) is 5.12. The number of carbonyl (C=O) groups is 1. The van der Waals surface area contributed by atoms with E-state index in [1.807, 2.05) is 6.92 Å².